The van der Waals surface area contributed by atoms with Gasteiger partial charge in [0.1, 0.15) is 5.69 Å². The minimum atomic E-state index is -0.480. The first-order chi connectivity index (χ1) is 9.29. The maximum absolute atomic E-state index is 11.3. The molecule has 0 aliphatic rings. The van der Waals surface area contributed by atoms with Gasteiger partial charge in [0, 0.05) is 6.20 Å². The Kier molecular flexibility index (Phi) is 4.47. The minimum absolute atomic E-state index is 0.232. The zero-order valence-corrected chi connectivity index (χ0v) is 10.5. The summed E-state index contributed by atoms with van der Waals surface area (Å²) in [4.78, 5) is 20.6. The van der Waals surface area contributed by atoms with E-state index in [-0.39, 0.29) is 5.69 Å². The number of hydrogen-bond donors (Lipinski definition) is 1. The lowest BCUT2D eigenvalue weighted by molar-refractivity contribution is 0.0594. The van der Waals surface area contributed by atoms with Crippen molar-refractivity contribution in [1.82, 2.24) is 4.98 Å². The average Bonchev–Trinajstić information content (AvgIpc) is 2.48. The average molecular weight is 258 g/mol. The van der Waals surface area contributed by atoms with Gasteiger partial charge in [0.05, 0.1) is 19.4 Å². The fourth-order valence-corrected chi connectivity index (χ4v) is 1.49. The number of nitrogens with one attached hydrogen (secondary N) is 1. The first-order valence-corrected chi connectivity index (χ1v) is 5.75. The van der Waals surface area contributed by atoms with Gasteiger partial charge in [-0.3, -0.25) is 10.3 Å². The van der Waals surface area contributed by atoms with E-state index in [1.807, 2.05) is 30.3 Å². The lowest BCUT2D eigenvalue weighted by Gasteiger charge is -2.07. The predicted octanol–water partition coefficient (Wildman–Crippen LogP) is 2.41. The third-order valence-electron chi connectivity index (χ3n) is 2.43. The number of carbonyl (C=O) groups excluding carboxylic acids is 1. The number of hydrogen-bond acceptors (Lipinski definition) is 5. The van der Waals surface area contributed by atoms with Gasteiger partial charge in [-0.1, -0.05) is 30.3 Å². The summed E-state index contributed by atoms with van der Waals surface area (Å²) >= 11 is 0. The number of anilines is 1. The highest BCUT2D eigenvalue weighted by molar-refractivity contribution is 5.88. The van der Waals surface area contributed by atoms with Crippen molar-refractivity contribution in [3.8, 4) is 0 Å². The van der Waals surface area contributed by atoms with Gasteiger partial charge < -0.3 is 4.74 Å². The third-order valence-corrected chi connectivity index (χ3v) is 2.43. The Morgan fingerprint density at radius 3 is 2.79 bits per heavy atom. The summed E-state index contributed by atoms with van der Waals surface area (Å²) in [6.45, 7) is 0.427. The number of rotatable bonds is 5. The first-order valence-electron chi connectivity index (χ1n) is 5.75. The largest absolute Gasteiger partial charge is 0.464 e. The highest BCUT2D eigenvalue weighted by Crippen LogP contribution is 2.10. The number of nitrogens with zero attached hydrogens (tertiary/aromatic N) is 1. The second kappa shape index (κ2) is 6.51. The Hall–Kier alpha value is -2.40. The van der Waals surface area contributed by atoms with Crippen LogP contribution in [0.1, 0.15) is 16.1 Å². The van der Waals surface area contributed by atoms with Crippen molar-refractivity contribution in [3.05, 3.63) is 59.9 Å². The second-order valence-electron chi connectivity index (χ2n) is 3.80. The van der Waals surface area contributed by atoms with Crippen LogP contribution in [0.25, 0.3) is 0 Å². The van der Waals surface area contributed by atoms with Crippen LogP contribution in [0.2, 0.25) is 0 Å². The van der Waals surface area contributed by atoms with E-state index in [0.29, 0.717) is 12.3 Å². The number of pyridine rings is 1. The Balaban J connectivity index is 1.91. The van der Waals surface area contributed by atoms with E-state index in [1.165, 1.54) is 13.3 Å². The number of esters is 1. The van der Waals surface area contributed by atoms with Gasteiger partial charge in [-0.15, -0.1) is 0 Å². The minimum Gasteiger partial charge on any atom is -0.464 e. The fourth-order valence-electron chi connectivity index (χ4n) is 1.49. The van der Waals surface area contributed by atoms with E-state index >= 15 is 0 Å². The van der Waals surface area contributed by atoms with Crippen LogP contribution >= 0.6 is 0 Å². The molecule has 98 valence electrons. The van der Waals surface area contributed by atoms with Gasteiger partial charge in [-0.2, -0.15) is 0 Å². The Morgan fingerprint density at radius 2 is 2.05 bits per heavy atom. The third kappa shape index (κ3) is 3.79. The van der Waals surface area contributed by atoms with Gasteiger partial charge in [-0.05, 0) is 17.7 Å². The molecule has 0 saturated heterocycles. The summed E-state index contributed by atoms with van der Waals surface area (Å²) in [5.74, 6) is -0.480. The molecule has 0 aliphatic heterocycles. The molecule has 1 aromatic carbocycles. The van der Waals surface area contributed by atoms with Crippen molar-refractivity contribution in [2.75, 3.05) is 12.6 Å². The summed E-state index contributed by atoms with van der Waals surface area (Å²) in [6, 6.07) is 13.0. The lowest BCUT2D eigenvalue weighted by Crippen LogP contribution is -2.06. The van der Waals surface area contributed by atoms with E-state index in [1.54, 1.807) is 12.1 Å². The topological polar surface area (TPSA) is 60.5 Å². The molecule has 1 N–H and O–H groups in total. The molecular weight excluding hydrogens is 244 g/mol. The standard InChI is InChI=1S/C14H14N2O3/c1-18-14(17)13-9-12(7-8-15-13)16-19-10-11-5-3-2-4-6-11/h2-9H,10H2,1H3,(H,15,16). The highest BCUT2D eigenvalue weighted by atomic mass is 16.6. The smallest absolute Gasteiger partial charge is 0.356 e. The van der Waals surface area contributed by atoms with E-state index in [2.05, 4.69) is 15.2 Å². The molecule has 19 heavy (non-hydrogen) atoms. The van der Waals surface area contributed by atoms with Crippen LogP contribution in [0.15, 0.2) is 48.7 Å². The van der Waals surface area contributed by atoms with Crippen LogP contribution in [0.5, 0.6) is 0 Å². The molecule has 0 fully saturated rings. The van der Waals surface area contributed by atoms with Crippen molar-refractivity contribution < 1.29 is 14.4 Å². The van der Waals surface area contributed by atoms with Crippen LogP contribution in [0.3, 0.4) is 0 Å². The number of aromatic nitrogens is 1. The summed E-state index contributed by atoms with van der Waals surface area (Å²) in [5, 5.41) is 0. The Labute approximate surface area is 111 Å². The molecular formula is C14H14N2O3. The molecule has 0 aliphatic carbocycles. The molecule has 0 bridgehead atoms. The van der Waals surface area contributed by atoms with Gasteiger partial charge >= 0.3 is 5.97 Å². The second-order valence-corrected chi connectivity index (χ2v) is 3.80. The van der Waals surface area contributed by atoms with Gasteiger partial charge in [0.15, 0.2) is 0 Å². The molecule has 0 radical (unpaired) electrons. The zero-order chi connectivity index (χ0) is 13.5. The summed E-state index contributed by atoms with van der Waals surface area (Å²) in [5.41, 5.74) is 4.69. The van der Waals surface area contributed by atoms with Crippen molar-refractivity contribution in [2.45, 2.75) is 6.61 Å². The summed E-state index contributed by atoms with van der Waals surface area (Å²) in [7, 11) is 1.32. The van der Waals surface area contributed by atoms with Crippen LogP contribution < -0.4 is 5.48 Å². The van der Waals surface area contributed by atoms with Crippen LogP contribution in [0.4, 0.5) is 5.69 Å². The van der Waals surface area contributed by atoms with Crippen molar-refractivity contribution >= 4 is 11.7 Å². The maximum Gasteiger partial charge on any atom is 0.356 e. The maximum atomic E-state index is 11.3. The molecule has 0 unspecified atom stereocenters. The summed E-state index contributed by atoms with van der Waals surface area (Å²) in [6.07, 6.45) is 1.51. The summed E-state index contributed by atoms with van der Waals surface area (Å²) < 4.78 is 4.60. The van der Waals surface area contributed by atoms with E-state index in [9.17, 15) is 4.79 Å². The quantitative estimate of drug-likeness (QED) is 0.659. The molecule has 2 aromatic rings. The Morgan fingerprint density at radius 1 is 1.26 bits per heavy atom. The predicted molar refractivity (Wildman–Crippen MR) is 70.4 cm³/mol. The molecule has 1 aromatic heterocycles. The van der Waals surface area contributed by atoms with E-state index in [4.69, 9.17) is 4.84 Å². The van der Waals surface area contributed by atoms with Gasteiger partial charge in [0.2, 0.25) is 0 Å². The van der Waals surface area contributed by atoms with Gasteiger partial charge in [-0.25, -0.2) is 9.78 Å². The molecule has 2 rings (SSSR count). The Bertz CT molecular complexity index is 543. The van der Waals surface area contributed by atoms with Crippen LogP contribution in [-0.2, 0) is 16.2 Å². The van der Waals surface area contributed by atoms with Crippen molar-refractivity contribution in [1.29, 1.82) is 0 Å². The van der Waals surface area contributed by atoms with Gasteiger partial charge in [0.25, 0.3) is 0 Å². The van der Waals surface area contributed by atoms with Crippen LogP contribution in [0, 0.1) is 0 Å². The highest BCUT2D eigenvalue weighted by Gasteiger charge is 2.07. The number of carbonyl (C=O) groups is 1. The molecule has 5 heteroatoms. The van der Waals surface area contributed by atoms with E-state index in [0.717, 1.165) is 5.56 Å². The number of methoxy groups -OCH3 is 1. The molecule has 1 heterocycles. The fraction of sp³-hybridized carbons (Fsp3) is 0.143. The molecule has 5 nitrogen and oxygen atoms in total. The van der Waals surface area contributed by atoms with E-state index < -0.39 is 5.97 Å². The molecule has 0 atom stereocenters. The SMILES string of the molecule is COC(=O)c1cc(NOCc2ccccc2)ccn1. The number of ether oxygens (including phenoxy) is 1. The zero-order valence-electron chi connectivity index (χ0n) is 10.5. The first kappa shape index (κ1) is 13.0. The molecule has 0 spiro atoms. The molecule has 0 saturated carbocycles. The molecule has 0 amide bonds. The number of benzene rings is 1. The van der Waals surface area contributed by atoms with Crippen molar-refractivity contribution in [2.24, 2.45) is 0 Å². The van der Waals surface area contributed by atoms with Crippen molar-refractivity contribution in [3.63, 3.8) is 0 Å². The normalized spacial score (nSPS) is 9.95. The monoisotopic (exact) mass is 258 g/mol. The lowest BCUT2D eigenvalue weighted by atomic mass is 10.2. The van der Waals surface area contributed by atoms with Crippen LogP contribution in [-0.4, -0.2) is 18.1 Å².